The van der Waals surface area contributed by atoms with Crippen LogP contribution < -0.4 is 10.4 Å². The summed E-state index contributed by atoms with van der Waals surface area (Å²) in [5, 5.41) is 0. The Balaban J connectivity index is 1.36. The Morgan fingerprint density at radius 2 is 1.82 bits per heavy atom. The molecule has 0 radical (unpaired) electrons. The lowest BCUT2D eigenvalue weighted by atomic mass is 9.92. The van der Waals surface area contributed by atoms with Crippen molar-refractivity contribution in [1.29, 1.82) is 0 Å². The summed E-state index contributed by atoms with van der Waals surface area (Å²) in [6.45, 7) is 7.16. The first-order chi connectivity index (χ1) is 18.4. The molecule has 1 fully saturated rings. The fourth-order valence-corrected chi connectivity index (χ4v) is 5.61. The van der Waals surface area contributed by atoms with Gasteiger partial charge in [-0.05, 0) is 67.0 Å². The van der Waals surface area contributed by atoms with E-state index in [0.29, 0.717) is 29.0 Å². The molecule has 1 saturated heterocycles. The zero-order valence-electron chi connectivity index (χ0n) is 21.3. The summed E-state index contributed by atoms with van der Waals surface area (Å²) in [5.74, 6) is -0.433. The molecule has 0 unspecified atom stereocenters. The molecule has 2 aliphatic rings. The molecule has 0 spiro atoms. The molecule has 0 bridgehead atoms. The van der Waals surface area contributed by atoms with Crippen molar-refractivity contribution in [2.45, 2.75) is 39.2 Å². The van der Waals surface area contributed by atoms with Gasteiger partial charge in [-0.15, -0.1) is 0 Å². The second-order valence-corrected chi connectivity index (χ2v) is 10.1. The molecule has 2 aliphatic heterocycles. The Morgan fingerprint density at radius 1 is 1.00 bits per heavy atom. The standard InChI is InChI=1S/C30H29F2N3O3/c1-18-15-34(16-19(2)38-18)10-11-35-28-9-6-20(13-27(28)33-30(35)36)12-24-22-4-3-5-26(32)25(22)17-37-29-14-21(31)7-8-23(24)29/h3-9,12-14,18-19H,10-11,15-17H2,1-2H3,(H,33,36)/b24-12+/t18-,19+. The van der Waals surface area contributed by atoms with Gasteiger partial charge in [0.05, 0.1) is 23.2 Å². The van der Waals surface area contributed by atoms with Gasteiger partial charge >= 0.3 is 5.69 Å². The predicted octanol–water partition coefficient (Wildman–Crippen LogP) is 5.20. The number of ether oxygens (including phenoxy) is 2. The fraction of sp³-hybridized carbons (Fsp3) is 0.300. The number of aromatic amines is 1. The summed E-state index contributed by atoms with van der Waals surface area (Å²) in [4.78, 5) is 18.1. The average Bonchev–Trinajstić information content (AvgIpc) is 3.09. The van der Waals surface area contributed by atoms with Crippen LogP contribution in [-0.4, -0.2) is 46.3 Å². The molecular formula is C30H29F2N3O3. The topological polar surface area (TPSA) is 59.5 Å². The van der Waals surface area contributed by atoms with Crippen LogP contribution in [0.2, 0.25) is 0 Å². The Kier molecular flexibility index (Phi) is 6.37. The normalized spacial score (nSPS) is 20.7. The second kappa shape index (κ2) is 9.85. The van der Waals surface area contributed by atoms with E-state index in [-0.39, 0.29) is 30.3 Å². The number of rotatable bonds is 4. The van der Waals surface area contributed by atoms with Gasteiger partial charge in [0.2, 0.25) is 0 Å². The summed E-state index contributed by atoms with van der Waals surface area (Å²) in [6.07, 6.45) is 2.27. The van der Waals surface area contributed by atoms with Crippen molar-refractivity contribution in [3.05, 3.63) is 99.0 Å². The Bertz CT molecular complexity index is 1600. The number of halogens is 2. The minimum absolute atomic E-state index is 0.00566. The number of hydrogen-bond donors (Lipinski definition) is 1. The van der Waals surface area contributed by atoms with Crippen molar-refractivity contribution in [1.82, 2.24) is 14.5 Å². The number of imidazole rings is 1. The van der Waals surface area contributed by atoms with Crippen LogP contribution in [-0.2, 0) is 17.9 Å². The summed E-state index contributed by atoms with van der Waals surface area (Å²) in [5.41, 5.74) is 4.72. The Labute approximate surface area is 219 Å². The van der Waals surface area contributed by atoms with Crippen molar-refractivity contribution in [3.8, 4) is 5.75 Å². The lowest BCUT2D eigenvalue weighted by Crippen LogP contribution is -2.46. The van der Waals surface area contributed by atoms with Crippen LogP contribution in [0.1, 0.15) is 36.1 Å². The number of aromatic nitrogens is 2. The largest absolute Gasteiger partial charge is 0.488 e. The van der Waals surface area contributed by atoms with Gasteiger partial charge in [0, 0.05) is 43.4 Å². The minimum atomic E-state index is -0.421. The van der Waals surface area contributed by atoms with Crippen LogP contribution in [0.5, 0.6) is 5.75 Å². The first-order valence-corrected chi connectivity index (χ1v) is 12.9. The van der Waals surface area contributed by atoms with Crippen molar-refractivity contribution >= 4 is 22.7 Å². The van der Waals surface area contributed by atoms with Crippen molar-refractivity contribution in [2.75, 3.05) is 19.6 Å². The van der Waals surface area contributed by atoms with Gasteiger partial charge in [-0.25, -0.2) is 13.6 Å². The monoisotopic (exact) mass is 517 g/mol. The average molecular weight is 518 g/mol. The molecule has 1 N–H and O–H groups in total. The van der Waals surface area contributed by atoms with E-state index in [1.54, 1.807) is 16.7 Å². The van der Waals surface area contributed by atoms with Gasteiger partial charge < -0.3 is 14.5 Å². The van der Waals surface area contributed by atoms with E-state index in [1.807, 2.05) is 30.3 Å². The zero-order chi connectivity index (χ0) is 26.4. The highest BCUT2D eigenvalue weighted by Gasteiger charge is 2.23. The van der Waals surface area contributed by atoms with Gasteiger partial charge in [-0.1, -0.05) is 18.2 Å². The molecule has 0 aliphatic carbocycles. The number of hydrogen-bond acceptors (Lipinski definition) is 4. The van der Waals surface area contributed by atoms with Crippen LogP contribution >= 0.6 is 0 Å². The molecule has 1 aromatic heterocycles. The third-order valence-electron chi connectivity index (χ3n) is 7.26. The zero-order valence-corrected chi connectivity index (χ0v) is 21.3. The molecule has 0 amide bonds. The lowest BCUT2D eigenvalue weighted by molar-refractivity contribution is -0.0685. The smallest absolute Gasteiger partial charge is 0.326 e. The molecule has 6 rings (SSSR count). The molecule has 196 valence electrons. The SMILES string of the molecule is C[C@@H]1CN(CCn2c(=O)[nH]c3cc(/C=C4/c5ccc(F)cc5OCc5c(F)cccc54)ccc32)C[C@H](C)O1. The first kappa shape index (κ1) is 24.6. The number of nitrogens with one attached hydrogen (secondary N) is 1. The van der Waals surface area contributed by atoms with E-state index in [9.17, 15) is 13.6 Å². The third-order valence-corrected chi connectivity index (χ3v) is 7.26. The van der Waals surface area contributed by atoms with E-state index >= 15 is 0 Å². The van der Waals surface area contributed by atoms with Gasteiger partial charge in [0.15, 0.2) is 0 Å². The highest BCUT2D eigenvalue weighted by atomic mass is 19.1. The van der Waals surface area contributed by atoms with Gasteiger partial charge in [-0.2, -0.15) is 0 Å². The molecule has 6 nitrogen and oxygen atoms in total. The summed E-state index contributed by atoms with van der Waals surface area (Å²) >= 11 is 0. The maximum atomic E-state index is 14.7. The maximum Gasteiger partial charge on any atom is 0.326 e. The van der Waals surface area contributed by atoms with Crippen LogP contribution in [0.25, 0.3) is 22.7 Å². The van der Waals surface area contributed by atoms with Crippen LogP contribution in [0, 0.1) is 11.6 Å². The van der Waals surface area contributed by atoms with E-state index in [4.69, 9.17) is 9.47 Å². The quantitative estimate of drug-likeness (QED) is 0.404. The predicted molar refractivity (Wildman–Crippen MR) is 143 cm³/mol. The van der Waals surface area contributed by atoms with Crippen LogP contribution in [0.3, 0.4) is 0 Å². The van der Waals surface area contributed by atoms with Gasteiger partial charge in [0.25, 0.3) is 0 Å². The summed E-state index contributed by atoms with van der Waals surface area (Å²) < 4.78 is 42.1. The number of morpholine rings is 1. The van der Waals surface area contributed by atoms with Crippen molar-refractivity contribution in [2.24, 2.45) is 0 Å². The Morgan fingerprint density at radius 3 is 2.63 bits per heavy atom. The maximum absolute atomic E-state index is 14.7. The molecule has 0 saturated carbocycles. The number of fused-ring (bicyclic) bond motifs is 3. The first-order valence-electron chi connectivity index (χ1n) is 12.9. The van der Waals surface area contributed by atoms with Crippen LogP contribution in [0.4, 0.5) is 8.78 Å². The molecule has 4 aromatic rings. The van der Waals surface area contributed by atoms with Gasteiger partial charge in [0.1, 0.15) is 24.0 Å². The molecule has 38 heavy (non-hydrogen) atoms. The van der Waals surface area contributed by atoms with E-state index < -0.39 is 5.82 Å². The summed E-state index contributed by atoms with van der Waals surface area (Å²) in [7, 11) is 0. The van der Waals surface area contributed by atoms with Gasteiger partial charge in [-0.3, -0.25) is 9.47 Å². The molecule has 3 aromatic carbocycles. The van der Waals surface area contributed by atoms with E-state index in [0.717, 1.165) is 41.8 Å². The molecule has 3 heterocycles. The van der Waals surface area contributed by atoms with Crippen molar-refractivity contribution < 1.29 is 18.3 Å². The lowest BCUT2D eigenvalue weighted by Gasteiger charge is -2.35. The minimum Gasteiger partial charge on any atom is -0.488 e. The van der Waals surface area contributed by atoms with E-state index in [1.165, 1.54) is 18.2 Å². The summed E-state index contributed by atoms with van der Waals surface area (Å²) in [6, 6.07) is 15.0. The number of benzene rings is 3. The highest BCUT2D eigenvalue weighted by Crippen LogP contribution is 2.39. The highest BCUT2D eigenvalue weighted by molar-refractivity contribution is 5.95. The molecule has 8 heteroatoms. The second-order valence-electron chi connectivity index (χ2n) is 10.1. The Hall–Kier alpha value is -3.75. The fourth-order valence-electron chi connectivity index (χ4n) is 5.61. The number of H-pyrrole nitrogens is 1. The molecular weight excluding hydrogens is 488 g/mol. The van der Waals surface area contributed by atoms with Crippen molar-refractivity contribution in [3.63, 3.8) is 0 Å². The van der Waals surface area contributed by atoms with E-state index in [2.05, 4.69) is 23.7 Å². The number of nitrogens with zero attached hydrogens (tertiary/aromatic N) is 2. The molecule has 2 atom stereocenters. The third kappa shape index (κ3) is 4.66. The van der Waals surface area contributed by atoms with Crippen LogP contribution in [0.15, 0.2) is 59.4 Å².